The van der Waals surface area contributed by atoms with Crippen LogP contribution in [0.1, 0.15) is 13.3 Å². The average molecular weight is 346 g/mol. The fourth-order valence-electron chi connectivity index (χ4n) is 2.28. The van der Waals surface area contributed by atoms with E-state index in [1.165, 1.54) is 11.3 Å². The lowest BCUT2D eigenvalue weighted by Gasteiger charge is -2.04. The number of aromatic nitrogens is 1. The quantitative estimate of drug-likeness (QED) is 0.814. The van der Waals surface area contributed by atoms with Crippen LogP contribution < -0.4 is 10.1 Å². The fraction of sp³-hybridized carbons (Fsp3) is 0.353. The number of esters is 1. The van der Waals surface area contributed by atoms with Gasteiger partial charge in [0.25, 0.3) is 5.91 Å². The molecule has 126 valence electrons. The number of amides is 1. The third-order valence-corrected chi connectivity index (χ3v) is 4.65. The van der Waals surface area contributed by atoms with Crippen molar-refractivity contribution in [2.45, 2.75) is 13.3 Å². The van der Waals surface area contributed by atoms with Gasteiger partial charge in [-0.2, -0.15) is 0 Å². The number of nitrogens with one attached hydrogen (secondary N) is 1. The molecule has 1 heterocycles. The minimum atomic E-state index is -0.382. The van der Waals surface area contributed by atoms with E-state index in [9.17, 15) is 9.59 Å². The summed E-state index contributed by atoms with van der Waals surface area (Å²) in [6, 6.07) is 7.51. The van der Waals surface area contributed by atoms with Crippen LogP contribution in [0.2, 0.25) is 0 Å². The van der Waals surface area contributed by atoms with Gasteiger partial charge in [0.05, 0.1) is 18.7 Å². The van der Waals surface area contributed by atoms with Crippen LogP contribution >= 0.6 is 11.3 Å². The molecule has 1 fully saturated rings. The molecule has 2 aromatic rings. The van der Waals surface area contributed by atoms with Crippen LogP contribution in [0.25, 0.3) is 11.3 Å². The van der Waals surface area contributed by atoms with E-state index in [4.69, 9.17) is 9.47 Å². The Morgan fingerprint density at radius 1 is 1.33 bits per heavy atom. The minimum absolute atomic E-state index is 0.0423. The normalized spacial score (nSPS) is 18.8. The van der Waals surface area contributed by atoms with Crippen molar-refractivity contribution in [3.63, 3.8) is 0 Å². The highest BCUT2D eigenvalue weighted by molar-refractivity contribution is 7.14. The van der Waals surface area contributed by atoms with Crippen LogP contribution in [-0.4, -0.2) is 30.6 Å². The summed E-state index contributed by atoms with van der Waals surface area (Å²) in [5, 5.41) is 4.98. The van der Waals surface area contributed by atoms with Crippen LogP contribution in [0.15, 0.2) is 29.6 Å². The Labute approximate surface area is 143 Å². The van der Waals surface area contributed by atoms with E-state index in [-0.39, 0.29) is 24.4 Å². The van der Waals surface area contributed by atoms with Gasteiger partial charge in [-0.25, -0.2) is 4.98 Å². The summed E-state index contributed by atoms with van der Waals surface area (Å²) in [7, 11) is 1.61. The molecule has 1 aromatic heterocycles. The van der Waals surface area contributed by atoms with E-state index in [0.29, 0.717) is 11.0 Å². The number of carbonyl (C=O) groups excluding carboxylic acids is 2. The fourth-order valence-corrected chi connectivity index (χ4v) is 3.01. The van der Waals surface area contributed by atoms with E-state index < -0.39 is 0 Å². The Hall–Kier alpha value is -2.41. The third-order valence-electron chi connectivity index (χ3n) is 3.89. The second-order valence-electron chi connectivity index (χ2n) is 5.74. The molecule has 1 N–H and O–H groups in total. The van der Waals surface area contributed by atoms with Crippen molar-refractivity contribution >= 4 is 28.3 Å². The molecule has 0 unspecified atom stereocenters. The zero-order chi connectivity index (χ0) is 17.1. The van der Waals surface area contributed by atoms with Gasteiger partial charge in [-0.15, -0.1) is 11.3 Å². The molecule has 1 aliphatic rings. The van der Waals surface area contributed by atoms with E-state index in [0.717, 1.165) is 23.4 Å². The van der Waals surface area contributed by atoms with Crippen LogP contribution in [0.4, 0.5) is 5.13 Å². The highest BCUT2D eigenvalue weighted by Crippen LogP contribution is 2.38. The number of hydrogen-bond acceptors (Lipinski definition) is 6. The van der Waals surface area contributed by atoms with Crippen molar-refractivity contribution in [2.75, 3.05) is 19.0 Å². The summed E-state index contributed by atoms with van der Waals surface area (Å²) in [5.41, 5.74) is 1.70. The molecule has 6 nitrogen and oxygen atoms in total. The van der Waals surface area contributed by atoms with Crippen molar-refractivity contribution in [3.05, 3.63) is 29.6 Å². The van der Waals surface area contributed by atoms with Crippen molar-refractivity contribution in [2.24, 2.45) is 11.8 Å². The second-order valence-corrected chi connectivity index (χ2v) is 6.60. The highest BCUT2D eigenvalue weighted by Gasteiger charge is 2.40. The molecular formula is C17H18N2O4S. The maximum Gasteiger partial charge on any atom is 0.309 e. The number of anilines is 1. The van der Waals surface area contributed by atoms with Crippen LogP contribution in [0.5, 0.6) is 5.75 Å². The zero-order valence-electron chi connectivity index (χ0n) is 13.4. The summed E-state index contributed by atoms with van der Waals surface area (Å²) in [6.45, 7) is 1.71. The lowest BCUT2D eigenvalue weighted by Crippen LogP contribution is -2.21. The zero-order valence-corrected chi connectivity index (χ0v) is 14.3. The standard InChI is InChI=1S/C17H18N2O4S/c1-10-7-13(10)16(21)23-8-15(20)19-17-18-14(9-24-17)11-3-5-12(22-2)6-4-11/h3-6,9-10,13H,7-8H2,1-2H3,(H,18,19,20)/t10-,13+/m1/s1. The molecule has 0 bridgehead atoms. The number of thiazole rings is 1. The topological polar surface area (TPSA) is 77.5 Å². The largest absolute Gasteiger partial charge is 0.497 e. The second kappa shape index (κ2) is 7.00. The van der Waals surface area contributed by atoms with Gasteiger partial charge in [0.15, 0.2) is 11.7 Å². The van der Waals surface area contributed by atoms with E-state index in [2.05, 4.69) is 10.3 Å². The molecule has 1 saturated carbocycles. The van der Waals surface area contributed by atoms with Gasteiger partial charge in [-0.1, -0.05) is 6.92 Å². The Balaban J connectivity index is 1.53. The average Bonchev–Trinajstić information content (AvgIpc) is 3.15. The van der Waals surface area contributed by atoms with Crippen molar-refractivity contribution in [1.29, 1.82) is 0 Å². The maximum absolute atomic E-state index is 11.8. The van der Waals surface area contributed by atoms with Crippen LogP contribution in [0, 0.1) is 11.8 Å². The molecule has 24 heavy (non-hydrogen) atoms. The van der Waals surface area contributed by atoms with E-state index in [1.54, 1.807) is 7.11 Å². The van der Waals surface area contributed by atoms with Crippen LogP contribution in [-0.2, 0) is 14.3 Å². The van der Waals surface area contributed by atoms with Crippen molar-refractivity contribution in [1.82, 2.24) is 4.98 Å². The smallest absolute Gasteiger partial charge is 0.309 e. The summed E-state index contributed by atoms with van der Waals surface area (Å²) < 4.78 is 10.1. The van der Waals surface area contributed by atoms with Gasteiger partial charge in [0.2, 0.25) is 0 Å². The van der Waals surface area contributed by atoms with Crippen LogP contribution in [0.3, 0.4) is 0 Å². The first-order valence-electron chi connectivity index (χ1n) is 7.63. The number of carbonyl (C=O) groups is 2. The number of nitrogens with zero attached hydrogens (tertiary/aromatic N) is 1. The first-order chi connectivity index (χ1) is 11.6. The maximum atomic E-state index is 11.8. The number of methoxy groups -OCH3 is 1. The molecule has 3 rings (SSSR count). The Morgan fingerprint density at radius 2 is 2.04 bits per heavy atom. The van der Waals surface area contributed by atoms with Crippen molar-refractivity contribution < 1.29 is 19.1 Å². The van der Waals surface area contributed by atoms with Gasteiger partial charge in [-0.05, 0) is 36.6 Å². The Kier molecular flexibility index (Phi) is 4.80. The van der Waals surface area contributed by atoms with E-state index >= 15 is 0 Å². The number of ether oxygens (including phenoxy) is 2. The molecule has 0 radical (unpaired) electrons. The van der Waals surface area contributed by atoms with Gasteiger partial charge in [0.1, 0.15) is 5.75 Å². The summed E-state index contributed by atoms with van der Waals surface area (Å²) in [5.74, 6) is 0.420. The number of rotatable bonds is 6. The molecule has 7 heteroatoms. The molecular weight excluding hydrogens is 328 g/mol. The SMILES string of the molecule is COc1ccc(-c2csc(NC(=O)COC(=O)[C@H]3C[C@H]3C)n2)cc1. The summed E-state index contributed by atoms with van der Waals surface area (Å²) in [6.07, 6.45) is 0.845. The predicted molar refractivity (Wildman–Crippen MR) is 91.0 cm³/mol. The molecule has 0 spiro atoms. The molecule has 0 saturated heterocycles. The van der Waals surface area contributed by atoms with E-state index in [1.807, 2.05) is 36.6 Å². The number of benzene rings is 1. The Morgan fingerprint density at radius 3 is 2.67 bits per heavy atom. The van der Waals surface area contributed by atoms with Crippen molar-refractivity contribution in [3.8, 4) is 17.0 Å². The lowest BCUT2D eigenvalue weighted by molar-refractivity contribution is -0.148. The summed E-state index contributed by atoms with van der Waals surface area (Å²) in [4.78, 5) is 27.8. The molecule has 1 aromatic carbocycles. The van der Waals surface area contributed by atoms with Gasteiger partial charge in [-0.3, -0.25) is 14.9 Å². The first-order valence-corrected chi connectivity index (χ1v) is 8.51. The predicted octanol–water partition coefficient (Wildman–Crippen LogP) is 2.96. The highest BCUT2D eigenvalue weighted by atomic mass is 32.1. The Bertz CT molecular complexity index is 741. The van der Waals surface area contributed by atoms with Gasteiger partial charge in [0, 0.05) is 10.9 Å². The van der Waals surface area contributed by atoms with Gasteiger partial charge < -0.3 is 9.47 Å². The molecule has 1 amide bonds. The number of hydrogen-bond donors (Lipinski definition) is 1. The monoisotopic (exact) mass is 346 g/mol. The van der Waals surface area contributed by atoms with Gasteiger partial charge >= 0.3 is 5.97 Å². The molecule has 1 aliphatic carbocycles. The first kappa shape index (κ1) is 16.4. The molecule has 0 aliphatic heterocycles. The third kappa shape index (κ3) is 3.91. The summed E-state index contributed by atoms with van der Waals surface area (Å²) >= 11 is 1.32. The minimum Gasteiger partial charge on any atom is -0.497 e. The lowest BCUT2D eigenvalue weighted by atomic mass is 10.2. The molecule has 2 atom stereocenters.